The number of rotatable bonds is 4. The van der Waals surface area contributed by atoms with Crippen LogP contribution in [0.2, 0.25) is 0 Å². The molecule has 0 spiro atoms. The lowest BCUT2D eigenvalue weighted by molar-refractivity contribution is -0.151. The van der Waals surface area contributed by atoms with E-state index in [-0.39, 0.29) is 6.61 Å². The van der Waals surface area contributed by atoms with Gasteiger partial charge in [0.1, 0.15) is 17.7 Å². The first-order valence-electron chi connectivity index (χ1n) is 5.44. The molecule has 1 unspecified atom stereocenters. The van der Waals surface area contributed by atoms with Crippen molar-refractivity contribution in [3.63, 3.8) is 0 Å². The van der Waals surface area contributed by atoms with Crippen LogP contribution >= 0.6 is 11.7 Å². The van der Waals surface area contributed by atoms with Crippen molar-refractivity contribution in [1.29, 1.82) is 0 Å². The highest BCUT2D eigenvalue weighted by molar-refractivity contribution is 6.99. The van der Waals surface area contributed by atoms with Gasteiger partial charge in [-0.25, -0.2) is 0 Å². The van der Waals surface area contributed by atoms with E-state index in [0.717, 1.165) is 18.1 Å². The maximum absolute atomic E-state index is 11.4. The number of hydrogen-bond acceptors (Lipinski definition) is 5. The van der Waals surface area contributed by atoms with Crippen LogP contribution in [0.25, 0.3) is 0 Å². The monoisotopic (exact) mass is 254 g/mol. The summed E-state index contributed by atoms with van der Waals surface area (Å²) in [5, 5.41) is 9.34. The minimum Gasteiger partial charge on any atom is -0.481 e. The van der Waals surface area contributed by atoms with Gasteiger partial charge in [-0.2, -0.15) is 4.37 Å². The molecule has 2 rings (SSSR count). The van der Waals surface area contributed by atoms with Gasteiger partial charge in [-0.05, 0) is 26.2 Å². The molecule has 1 aromatic rings. The third-order valence-corrected chi connectivity index (χ3v) is 3.62. The molecule has 0 saturated heterocycles. The highest BCUT2D eigenvalue weighted by Gasteiger charge is 2.39. The quantitative estimate of drug-likeness (QED) is 0.832. The smallest absolute Gasteiger partial charge is 0.313 e. The van der Waals surface area contributed by atoms with Crippen molar-refractivity contribution in [1.82, 2.24) is 8.75 Å². The maximum atomic E-state index is 11.4. The van der Waals surface area contributed by atoms with Crippen molar-refractivity contribution in [2.45, 2.75) is 26.2 Å². The summed E-state index contributed by atoms with van der Waals surface area (Å²) < 4.78 is 13.5. The van der Waals surface area contributed by atoms with Gasteiger partial charge in [-0.15, -0.1) is 4.37 Å². The summed E-state index contributed by atoms with van der Waals surface area (Å²) in [6.45, 7) is 1.95. The zero-order valence-electron chi connectivity index (χ0n) is 9.55. The Labute approximate surface area is 103 Å². The van der Waals surface area contributed by atoms with Crippen LogP contribution in [0.3, 0.4) is 0 Å². The lowest BCUT2D eigenvalue weighted by Gasteiger charge is -2.29. The number of aromatic nitrogens is 2. The number of carboxylic acids is 1. The average Bonchev–Trinajstić information content (AvgIpc) is 2.73. The summed E-state index contributed by atoms with van der Waals surface area (Å²) in [7, 11) is 0. The first-order valence-corrected chi connectivity index (χ1v) is 6.17. The van der Waals surface area contributed by atoms with Gasteiger partial charge in [0.25, 0.3) is 0 Å². The molecule has 1 aliphatic carbocycles. The van der Waals surface area contributed by atoms with E-state index in [1.807, 2.05) is 12.2 Å². The van der Waals surface area contributed by atoms with Crippen molar-refractivity contribution in [3.8, 4) is 5.88 Å². The van der Waals surface area contributed by atoms with Crippen LogP contribution in [0.15, 0.2) is 12.2 Å². The first kappa shape index (κ1) is 12.0. The standard InChI is InChI=1S/C11H14N2O3S/c1-8-9(13-17-12-8)16-7-11(10(14)15)5-3-2-4-6-11/h2-3H,4-7H2,1H3,(H,14,15). The van der Waals surface area contributed by atoms with Crippen molar-refractivity contribution >= 4 is 17.7 Å². The van der Waals surface area contributed by atoms with Gasteiger partial charge < -0.3 is 9.84 Å². The molecule has 0 fully saturated rings. The number of aliphatic carboxylic acids is 1. The number of allylic oxidation sites excluding steroid dienone is 2. The molecule has 6 heteroatoms. The molecule has 1 heterocycles. The van der Waals surface area contributed by atoms with Gasteiger partial charge in [0.2, 0.25) is 5.88 Å². The van der Waals surface area contributed by atoms with Crippen LogP contribution in [0.5, 0.6) is 5.88 Å². The minimum atomic E-state index is -0.815. The molecule has 0 amide bonds. The van der Waals surface area contributed by atoms with Crippen LogP contribution in [0.1, 0.15) is 25.0 Å². The number of carbonyl (C=O) groups is 1. The number of nitrogens with zero attached hydrogens (tertiary/aromatic N) is 2. The molecule has 0 aromatic carbocycles. The predicted molar refractivity (Wildman–Crippen MR) is 63.2 cm³/mol. The number of ether oxygens (including phenoxy) is 1. The van der Waals surface area contributed by atoms with Crippen molar-refractivity contribution in [3.05, 3.63) is 17.8 Å². The Morgan fingerprint density at radius 2 is 2.41 bits per heavy atom. The van der Waals surface area contributed by atoms with Crippen molar-refractivity contribution in [2.24, 2.45) is 5.41 Å². The van der Waals surface area contributed by atoms with E-state index in [1.165, 1.54) is 0 Å². The van der Waals surface area contributed by atoms with E-state index in [2.05, 4.69) is 8.75 Å². The summed E-state index contributed by atoms with van der Waals surface area (Å²) in [6.07, 6.45) is 5.82. The van der Waals surface area contributed by atoms with E-state index in [4.69, 9.17) is 4.74 Å². The summed E-state index contributed by atoms with van der Waals surface area (Å²) in [4.78, 5) is 11.4. The fraction of sp³-hybridized carbons (Fsp3) is 0.545. The second-order valence-corrected chi connectivity index (χ2v) is 4.77. The molecule has 0 aliphatic heterocycles. The van der Waals surface area contributed by atoms with Gasteiger partial charge in [0, 0.05) is 0 Å². The Balaban J connectivity index is 2.07. The van der Waals surface area contributed by atoms with Gasteiger partial charge in [-0.3, -0.25) is 4.79 Å². The van der Waals surface area contributed by atoms with Gasteiger partial charge in [-0.1, -0.05) is 12.2 Å². The number of hydrogen-bond donors (Lipinski definition) is 1. The molecule has 0 radical (unpaired) electrons. The molecule has 1 N–H and O–H groups in total. The summed E-state index contributed by atoms with van der Waals surface area (Å²) in [5.41, 5.74) is -0.105. The molecule has 0 saturated carbocycles. The second kappa shape index (κ2) is 4.83. The molecule has 1 atom stereocenters. The molecule has 17 heavy (non-hydrogen) atoms. The maximum Gasteiger partial charge on any atom is 0.313 e. The largest absolute Gasteiger partial charge is 0.481 e. The second-order valence-electron chi connectivity index (χ2n) is 4.24. The fourth-order valence-corrected chi connectivity index (χ4v) is 2.34. The third-order valence-electron chi connectivity index (χ3n) is 3.01. The van der Waals surface area contributed by atoms with Crippen LogP contribution < -0.4 is 4.74 Å². The zero-order valence-corrected chi connectivity index (χ0v) is 10.4. The Kier molecular flexibility index (Phi) is 3.42. The topological polar surface area (TPSA) is 72.3 Å². The van der Waals surface area contributed by atoms with Crippen LogP contribution in [-0.2, 0) is 4.79 Å². The van der Waals surface area contributed by atoms with Gasteiger partial charge >= 0.3 is 5.97 Å². The van der Waals surface area contributed by atoms with Gasteiger partial charge in [0.15, 0.2) is 0 Å². The normalized spacial score (nSPS) is 23.6. The molecular weight excluding hydrogens is 240 g/mol. The van der Waals surface area contributed by atoms with E-state index in [1.54, 1.807) is 6.92 Å². The van der Waals surface area contributed by atoms with Crippen LogP contribution in [-0.4, -0.2) is 26.4 Å². The van der Waals surface area contributed by atoms with E-state index < -0.39 is 11.4 Å². The number of carboxylic acid groups (broad SMARTS) is 1. The zero-order chi connectivity index (χ0) is 12.3. The lowest BCUT2D eigenvalue weighted by Crippen LogP contribution is -2.38. The molecule has 92 valence electrons. The Bertz CT molecular complexity index is 444. The lowest BCUT2D eigenvalue weighted by atomic mass is 9.78. The predicted octanol–water partition coefficient (Wildman–Crippen LogP) is 2.04. The van der Waals surface area contributed by atoms with Crippen LogP contribution in [0, 0.1) is 12.3 Å². The summed E-state index contributed by atoms with van der Waals surface area (Å²) in [5.74, 6) is -0.354. The molecular formula is C11H14N2O3S. The van der Waals surface area contributed by atoms with E-state index in [0.29, 0.717) is 24.4 Å². The van der Waals surface area contributed by atoms with Gasteiger partial charge in [0.05, 0.1) is 11.7 Å². The molecule has 1 aromatic heterocycles. The highest BCUT2D eigenvalue weighted by atomic mass is 32.1. The highest BCUT2D eigenvalue weighted by Crippen LogP contribution is 2.34. The third kappa shape index (κ3) is 2.46. The average molecular weight is 254 g/mol. The Morgan fingerprint density at radius 3 is 2.94 bits per heavy atom. The first-order chi connectivity index (χ1) is 8.14. The van der Waals surface area contributed by atoms with Crippen molar-refractivity contribution in [2.75, 3.05) is 6.61 Å². The minimum absolute atomic E-state index is 0.152. The number of aryl methyl sites for hydroxylation is 1. The van der Waals surface area contributed by atoms with Crippen LogP contribution in [0.4, 0.5) is 0 Å². The summed E-state index contributed by atoms with van der Waals surface area (Å²) in [6, 6.07) is 0. The molecule has 0 bridgehead atoms. The van der Waals surface area contributed by atoms with E-state index in [9.17, 15) is 9.90 Å². The van der Waals surface area contributed by atoms with Crippen molar-refractivity contribution < 1.29 is 14.6 Å². The van der Waals surface area contributed by atoms with E-state index >= 15 is 0 Å². The summed E-state index contributed by atoms with van der Waals surface area (Å²) >= 11 is 1.07. The SMILES string of the molecule is Cc1nsnc1OCC1(C(=O)O)CC=CCC1. The fourth-order valence-electron chi connectivity index (χ4n) is 1.84. The molecule has 5 nitrogen and oxygen atoms in total. The Morgan fingerprint density at radius 1 is 1.59 bits per heavy atom. The molecule has 1 aliphatic rings. The Hall–Kier alpha value is -1.43.